The first-order chi connectivity index (χ1) is 7.83. The maximum absolute atomic E-state index is 2.47. The largest absolute Gasteiger partial charge is 1.00 e. The van der Waals surface area contributed by atoms with E-state index in [4.69, 9.17) is 0 Å². The maximum Gasteiger partial charge on any atom is 0.235 e. The van der Waals surface area contributed by atoms with Crippen molar-refractivity contribution in [2.45, 2.75) is 46.1 Å². The summed E-state index contributed by atoms with van der Waals surface area (Å²) in [5.41, 5.74) is 1.40. The molecule has 0 fully saturated rings. The predicted octanol–water partition coefficient (Wildman–Crippen LogP) is 1.08. The van der Waals surface area contributed by atoms with Crippen molar-refractivity contribution < 1.29 is 21.5 Å². The van der Waals surface area contributed by atoms with Gasteiger partial charge in [0.05, 0.1) is 0 Å². The molecule has 0 aliphatic carbocycles. The van der Waals surface area contributed by atoms with Crippen molar-refractivity contribution in [1.29, 1.82) is 0 Å². The third-order valence-corrected chi connectivity index (χ3v) is 4.11. The van der Waals surface area contributed by atoms with E-state index in [-0.39, 0.29) is 17.0 Å². The van der Waals surface area contributed by atoms with Crippen LogP contribution in [0, 0.1) is 6.92 Å². The van der Waals surface area contributed by atoms with Gasteiger partial charge in [-0.1, -0.05) is 43.2 Å². The Bertz CT molecular complexity index is 464. The summed E-state index contributed by atoms with van der Waals surface area (Å²) in [4.78, 5) is 0. The molecule has 0 amide bonds. The Morgan fingerprint density at radius 3 is 2.65 bits per heavy atom. The van der Waals surface area contributed by atoms with Gasteiger partial charge < -0.3 is 17.0 Å². The van der Waals surface area contributed by atoms with Gasteiger partial charge >= 0.3 is 0 Å². The lowest BCUT2D eigenvalue weighted by molar-refractivity contribution is -0.673. The lowest BCUT2D eigenvalue weighted by atomic mass is 10.2. The summed E-state index contributed by atoms with van der Waals surface area (Å²) >= 11 is 1.91. The Labute approximate surface area is 118 Å². The van der Waals surface area contributed by atoms with E-state index >= 15 is 0 Å². The van der Waals surface area contributed by atoms with Gasteiger partial charge in [0, 0.05) is 19.4 Å². The number of unbranched alkanes of at least 4 members (excludes halogenated alkanes) is 3. The van der Waals surface area contributed by atoms with Crippen molar-refractivity contribution in [1.82, 2.24) is 0 Å². The van der Waals surface area contributed by atoms with Gasteiger partial charge in [0.25, 0.3) is 0 Å². The number of nitrogens with zero attached hydrogens (tertiary/aromatic N) is 1. The van der Waals surface area contributed by atoms with Crippen LogP contribution in [0.3, 0.4) is 0 Å². The van der Waals surface area contributed by atoms with Crippen LogP contribution in [0.15, 0.2) is 24.3 Å². The Hall–Kier alpha value is -0.410. The van der Waals surface area contributed by atoms with Gasteiger partial charge in [-0.05, 0) is 12.5 Å². The summed E-state index contributed by atoms with van der Waals surface area (Å²) in [6, 6.07) is 8.71. The highest BCUT2D eigenvalue weighted by atomic mass is 79.9. The number of aromatic nitrogens is 1. The Balaban J connectivity index is 0.00000144. The lowest BCUT2D eigenvalue weighted by Gasteiger charge is -1.97. The van der Waals surface area contributed by atoms with Crippen molar-refractivity contribution in [2.24, 2.45) is 0 Å². The summed E-state index contributed by atoms with van der Waals surface area (Å²) in [6.45, 7) is 5.67. The molecule has 2 rings (SSSR count). The fourth-order valence-electron chi connectivity index (χ4n) is 2.12. The number of thiazole rings is 1. The summed E-state index contributed by atoms with van der Waals surface area (Å²) in [6.07, 6.45) is 5.34. The van der Waals surface area contributed by atoms with E-state index in [9.17, 15) is 0 Å². The van der Waals surface area contributed by atoms with E-state index in [2.05, 4.69) is 42.7 Å². The van der Waals surface area contributed by atoms with E-state index in [1.54, 1.807) is 0 Å². The predicted molar refractivity (Wildman–Crippen MR) is 70.9 cm³/mol. The number of para-hydroxylation sites is 1. The van der Waals surface area contributed by atoms with Crippen molar-refractivity contribution in [3.05, 3.63) is 29.3 Å². The second-order valence-electron chi connectivity index (χ2n) is 4.30. The Kier molecular flexibility index (Phi) is 6.14. The van der Waals surface area contributed by atoms with Crippen LogP contribution in [0.5, 0.6) is 0 Å². The quantitative estimate of drug-likeness (QED) is 0.574. The molecule has 1 aromatic heterocycles. The SMILES string of the molecule is CCCCCC[n+]1c(C)sc2ccccc21.[Br-]. The first-order valence-electron chi connectivity index (χ1n) is 6.21. The molecule has 2 aromatic rings. The molecular formula is C14H20BrNS. The van der Waals surface area contributed by atoms with E-state index in [0.717, 1.165) is 0 Å². The van der Waals surface area contributed by atoms with Crippen LogP contribution in [-0.2, 0) is 6.54 Å². The minimum Gasteiger partial charge on any atom is -1.00 e. The minimum atomic E-state index is 0. The number of aryl methyl sites for hydroxylation is 2. The molecule has 0 atom stereocenters. The molecule has 94 valence electrons. The molecule has 0 spiro atoms. The molecule has 0 unspecified atom stereocenters. The Morgan fingerprint density at radius 1 is 1.12 bits per heavy atom. The molecule has 0 saturated carbocycles. The van der Waals surface area contributed by atoms with Crippen LogP contribution in [0.1, 0.15) is 37.6 Å². The van der Waals surface area contributed by atoms with Crippen LogP contribution in [0.25, 0.3) is 10.2 Å². The third-order valence-electron chi connectivity index (χ3n) is 3.03. The smallest absolute Gasteiger partial charge is 0.235 e. The standard InChI is InChI=1S/C14H20NS.BrH/c1-3-4-5-8-11-15-12(2)16-14-10-7-6-9-13(14)15;/h6-7,9-10H,3-5,8,11H2,1-2H3;1H/q+1;/p-1. The molecular weight excluding hydrogens is 294 g/mol. The molecule has 0 radical (unpaired) electrons. The van der Waals surface area contributed by atoms with E-state index in [0.29, 0.717) is 0 Å². The van der Waals surface area contributed by atoms with Crippen LogP contribution < -0.4 is 21.5 Å². The maximum atomic E-state index is 2.47. The number of fused-ring (bicyclic) bond motifs is 1. The first-order valence-corrected chi connectivity index (χ1v) is 7.02. The summed E-state index contributed by atoms with van der Waals surface area (Å²) < 4.78 is 3.88. The summed E-state index contributed by atoms with van der Waals surface area (Å²) in [5, 5.41) is 1.43. The van der Waals surface area contributed by atoms with E-state index < -0.39 is 0 Å². The summed E-state index contributed by atoms with van der Waals surface area (Å²) in [5.74, 6) is 0. The van der Waals surface area contributed by atoms with Crippen molar-refractivity contribution in [3.63, 3.8) is 0 Å². The first kappa shape index (κ1) is 14.7. The molecule has 3 heteroatoms. The van der Waals surface area contributed by atoms with Crippen molar-refractivity contribution >= 4 is 21.6 Å². The number of hydrogen-bond acceptors (Lipinski definition) is 1. The van der Waals surface area contributed by atoms with Gasteiger partial charge in [-0.2, -0.15) is 4.57 Å². The second kappa shape index (κ2) is 7.12. The van der Waals surface area contributed by atoms with Gasteiger partial charge in [0.1, 0.15) is 11.2 Å². The van der Waals surface area contributed by atoms with Gasteiger partial charge in [-0.25, -0.2) is 0 Å². The monoisotopic (exact) mass is 313 g/mol. The molecule has 17 heavy (non-hydrogen) atoms. The molecule has 0 aliphatic rings. The van der Waals surface area contributed by atoms with Gasteiger partial charge in [-0.3, -0.25) is 0 Å². The third kappa shape index (κ3) is 3.52. The zero-order valence-corrected chi connectivity index (χ0v) is 13.0. The molecule has 1 nitrogen and oxygen atoms in total. The van der Waals surface area contributed by atoms with Gasteiger partial charge in [-0.15, -0.1) is 0 Å². The fraction of sp³-hybridized carbons (Fsp3) is 0.500. The van der Waals surface area contributed by atoms with Crippen molar-refractivity contribution in [3.8, 4) is 0 Å². The van der Waals surface area contributed by atoms with Crippen LogP contribution in [-0.4, -0.2) is 0 Å². The van der Waals surface area contributed by atoms with E-state index in [1.807, 2.05) is 11.3 Å². The minimum absolute atomic E-state index is 0. The van der Waals surface area contributed by atoms with Crippen molar-refractivity contribution in [2.75, 3.05) is 0 Å². The topological polar surface area (TPSA) is 3.88 Å². The number of halogens is 1. The van der Waals surface area contributed by atoms with Gasteiger partial charge in [0.2, 0.25) is 10.5 Å². The molecule has 1 heterocycles. The zero-order valence-electron chi connectivity index (χ0n) is 10.6. The highest BCUT2D eigenvalue weighted by molar-refractivity contribution is 7.18. The normalized spacial score (nSPS) is 10.5. The second-order valence-corrected chi connectivity index (χ2v) is 5.54. The summed E-state index contributed by atoms with van der Waals surface area (Å²) in [7, 11) is 0. The number of benzene rings is 1. The lowest BCUT2D eigenvalue weighted by Crippen LogP contribution is -3.00. The average Bonchev–Trinajstić information content (AvgIpc) is 2.61. The highest BCUT2D eigenvalue weighted by Crippen LogP contribution is 2.19. The average molecular weight is 314 g/mol. The highest BCUT2D eigenvalue weighted by Gasteiger charge is 2.15. The van der Waals surface area contributed by atoms with Crippen LogP contribution in [0.4, 0.5) is 0 Å². The number of hydrogen-bond donors (Lipinski definition) is 0. The van der Waals surface area contributed by atoms with E-state index in [1.165, 1.54) is 47.5 Å². The number of rotatable bonds is 5. The van der Waals surface area contributed by atoms with Gasteiger partial charge in [0.15, 0.2) is 0 Å². The van der Waals surface area contributed by atoms with Crippen LogP contribution in [0.2, 0.25) is 0 Å². The Morgan fingerprint density at radius 2 is 1.88 bits per heavy atom. The van der Waals surface area contributed by atoms with Crippen LogP contribution >= 0.6 is 11.3 Å². The fourth-order valence-corrected chi connectivity index (χ4v) is 3.17. The molecule has 0 saturated heterocycles. The molecule has 1 aromatic carbocycles. The molecule has 0 N–H and O–H groups in total. The molecule has 0 aliphatic heterocycles. The molecule has 0 bridgehead atoms. The zero-order chi connectivity index (χ0) is 11.4.